The van der Waals surface area contributed by atoms with Gasteiger partial charge in [0.1, 0.15) is 11.6 Å². The van der Waals surface area contributed by atoms with E-state index < -0.39 is 5.92 Å². The number of allylic oxidation sites excluding steroid dienone is 3. The zero-order valence-corrected chi connectivity index (χ0v) is 23.9. The summed E-state index contributed by atoms with van der Waals surface area (Å²) in [4.78, 5) is 27.4. The number of ketones is 1. The van der Waals surface area contributed by atoms with Gasteiger partial charge >= 0.3 is 0 Å². The van der Waals surface area contributed by atoms with E-state index in [1.807, 2.05) is 13.0 Å². The van der Waals surface area contributed by atoms with Crippen LogP contribution in [-0.2, 0) is 9.59 Å². The SMILES string of the molecule is CCOc1ccc(NC(=O)CSc2nnc(N3C(N)=C(C#N)C(c4cccc(Cl)c4)C4=C3CCCC4=O)s2)cc1. The van der Waals surface area contributed by atoms with Crippen molar-refractivity contribution in [1.29, 1.82) is 5.26 Å². The number of Topliss-reactive ketones (excluding diaryl/α,β-unsaturated/α-hetero) is 1. The number of nitrogens with one attached hydrogen (secondary N) is 1. The molecule has 0 saturated heterocycles. The summed E-state index contributed by atoms with van der Waals surface area (Å²) in [5.41, 5.74) is 9.52. The molecule has 0 fully saturated rings. The van der Waals surface area contributed by atoms with Gasteiger partial charge in [-0.15, -0.1) is 10.2 Å². The Bertz CT molecular complexity index is 1560. The van der Waals surface area contributed by atoms with Gasteiger partial charge in [-0.05, 0) is 61.7 Å². The number of hydrogen-bond acceptors (Lipinski definition) is 10. The Balaban J connectivity index is 1.37. The third kappa shape index (κ3) is 5.70. The standard InChI is InChI=1S/C28H25ClN6O3S2/c1-2-38-19-11-9-18(10-12-19)32-23(37)15-39-28-34-33-27(40-28)35-21-7-4-8-22(36)25(21)24(20(14-30)26(35)31)16-5-3-6-17(29)13-16/h3,5-6,9-13,24H,2,4,7-8,15,31H2,1H3,(H,32,37). The van der Waals surface area contributed by atoms with Crippen LogP contribution in [0.1, 0.15) is 37.7 Å². The van der Waals surface area contributed by atoms with Gasteiger partial charge in [-0.3, -0.25) is 14.5 Å². The van der Waals surface area contributed by atoms with Crippen molar-refractivity contribution in [2.75, 3.05) is 22.6 Å². The summed E-state index contributed by atoms with van der Waals surface area (Å²) in [7, 11) is 0. The molecule has 1 aliphatic carbocycles. The van der Waals surface area contributed by atoms with Gasteiger partial charge in [-0.1, -0.05) is 46.8 Å². The largest absolute Gasteiger partial charge is 0.494 e. The molecule has 0 spiro atoms. The van der Waals surface area contributed by atoms with E-state index in [2.05, 4.69) is 21.6 Å². The number of halogens is 1. The second-order valence-electron chi connectivity index (χ2n) is 9.02. The number of hydrogen-bond donors (Lipinski definition) is 2. The number of nitriles is 1. The Labute approximate surface area is 244 Å². The van der Waals surface area contributed by atoms with E-state index in [1.54, 1.807) is 47.4 Å². The first-order chi connectivity index (χ1) is 19.4. The summed E-state index contributed by atoms with van der Waals surface area (Å²) in [6, 6.07) is 16.5. The molecule has 3 N–H and O–H groups in total. The topological polar surface area (TPSA) is 134 Å². The first kappa shape index (κ1) is 27.7. The minimum atomic E-state index is -0.601. The van der Waals surface area contributed by atoms with Crippen LogP contribution < -0.4 is 20.7 Å². The van der Waals surface area contributed by atoms with Crippen molar-refractivity contribution >= 4 is 57.2 Å². The van der Waals surface area contributed by atoms with Crippen LogP contribution in [0.5, 0.6) is 5.75 Å². The fourth-order valence-corrected chi connectivity index (χ4v) is 6.68. The van der Waals surface area contributed by atoms with Gasteiger partial charge in [-0.2, -0.15) is 5.26 Å². The molecule has 1 aromatic heterocycles. The van der Waals surface area contributed by atoms with Crippen molar-refractivity contribution in [1.82, 2.24) is 10.2 Å². The molecule has 2 aromatic carbocycles. The number of benzene rings is 2. The summed E-state index contributed by atoms with van der Waals surface area (Å²) in [6.45, 7) is 2.48. The van der Waals surface area contributed by atoms with Gasteiger partial charge in [-0.25, -0.2) is 0 Å². The molecule has 0 bridgehead atoms. The number of ether oxygens (including phenoxy) is 1. The molecule has 1 amide bonds. The van der Waals surface area contributed by atoms with Crippen LogP contribution in [0.4, 0.5) is 10.8 Å². The zero-order chi connectivity index (χ0) is 28.2. The first-order valence-corrected chi connectivity index (χ1v) is 14.8. The Kier molecular flexibility index (Phi) is 8.40. The maximum atomic E-state index is 13.2. The number of thioether (sulfide) groups is 1. The maximum absolute atomic E-state index is 13.2. The molecule has 1 atom stereocenters. The summed E-state index contributed by atoms with van der Waals surface area (Å²) >= 11 is 8.74. The van der Waals surface area contributed by atoms with E-state index in [4.69, 9.17) is 22.1 Å². The van der Waals surface area contributed by atoms with E-state index in [0.717, 1.165) is 17.0 Å². The van der Waals surface area contributed by atoms with Crippen LogP contribution in [-0.4, -0.2) is 34.2 Å². The maximum Gasteiger partial charge on any atom is 0.234 e. The lowest BCUT2D eigenvalue weighted by Gasteiger charge is -2.38. The normalized spacial score (nSPS) is 17.0. The van der Waals surface area contributed by atoms with Crippen molar-refractivity contribution in [2.45, 2.75) is 36.4 Å². The number of carbonyl (C=O) groups is 2. The third-order valence-electron chi connectivity index (χ3n) is 6.46. The monoisotopic (exact) mass is 592 g/mol. The molecule has 5 rings (SSSR count). The van der Waals surface area contributed by atoms with Crippen molar-refractivity contribution in [3.05, 3.63) is 81.8 Å². The lowest BCUT2D eigenvalue weighted by molar-refractivity contribution is -0.116. The average Bonchev–Trinajstić information content (AvgIpc) is 3.41. The van der Waals surface area contributed by atoms with Gasteiger partial charge in [0, 0.05) is 28.4 Å². The van der Waals surface area contributed by atoms with E-state index in [0.29, 0.717) is 51.6 Å². The molecule has 2 aliphatic rings. The highest BCUT2D eigenvalue weighted by molar-refractivity contribution is 8.01. The quantitative estimate of drug-likeness (QED) is 0.319. The van der Waals surface area contributed by atoms with Crippen molar-refractivity contribution < 1.29 is 14.3 Å². The molecule has 1 aliphatic heterocycles. The number of carbonyl (C=O) groups excluding carboxylic acids is 2. The Hall–Kier alpha value is -3.85. The molecule has 40 heavy (non-hydrogen) atoms. The fraction of sp³-hybridized carbons (Fsp3) is 0.250. The second-order valence-corrected chi connectivity index (χ2v) is 11.6. The molecule has 2 heterocycles. The number of nitrogens with zero attached hydrogens (tertiary/aromatic N) is 4. The lowest BCUT2D eigenvalue weighted by atomic mass is 9.76. The highest BCUT2D eigenvalue weighted by Crippen LogP contribution is 2.47. The summed E-state index contributed by atoms with van der Waals surface area (Å²) in [6.07, 6.45) is 1.66. The second kappa shape index (κ2) is 12.1. The van der Waals surface area contributed by atoms with Gasteiger partial charge < -0.3 is 15.8 Å². The first-order valence-electron chi connectivity index (χ1n) is 12.6. The smallest absolute Gasteiger partial charge is 0.234 e. The van der Waals surface area contributed by atoms with E-state index >= 15 is 0 Å². The summed E-state index contributed by atoms with van der Waals surface area (Å²) in [5.74, 6) is 0.250. The van der Waals surface area contributed by atoms with Gasteiger partial charge in [0.05, 0.1) is 29.9 Å². The molecule has 12 heteroatoms. The lowest BCUT2D eigenvalue weighted by Crippen LogP contribution is -2.38. The van der Waals surface area contributed by atoms with Gasteiger partial charge in [0.15, 0.2) is 10.1 Å². The number of nitrogens with two attached hydrogens (primary N) is 1. The van der Waals surface area contributed by atoms with Crippen LogP contribution in [0, 0.1) is 11.3 Å². The predicted molar refractivity (Wildman–Crippen MR) is 156 cm³/mol. The van der Waals surface area contributed by atoms with E-state index in [9.17, 15) is 14.9 Å². The number of amides is 1. The fourth-order valence-electron chi connectivity index (χ4n) is 4.80. The van der Waals surface area contributed by atoms with E-state index in [1.165, 1.54) is 23.1 Å². The van der Waals surface area contributed by atoms with Gasteiger partial charge in [0.25, 0.3) is 0 Å². The molecule has 204 valence electrons. The molecule has 0 radical (unpaired) electrons. The predicted octanol–water partition coefficient (Wildman–Crippen LogP) is 5.63. The molecule has 3 aromatic rings. The molecular formula is C28H25ClN6O3S2. The number of rotatable bonds is 8. The number of aromatic nitrogens is 2. The third-order valence-corrected chi connectivity index (χ3v) is 8.74. The Morgan fingerprint density at radius 1 is 1.27 bits per heavy atom. The molecule has 9 nitrogen and oxygen atoms in total. The van der Waals surface area contributed by atoms with Crippen LogP contribution in [0.25, 0.3) is 0 Å². The highest BCUT2D eigenvalue weighted by atomic mass is 35.5. The minimum Gasteiger partial charge on any atom is -0.494 e. The summed E-state index contributed by atoms with van der Waals surface area (Å²) < 4.78 is 5.98. The van der Waals surface area contributed by atoms with Gasteiger partial charge in [0.2, 0.25) is 11.0 Å². The minimum absolute atomic E-state index is 0.0263. The van der Waals surface area contributed by atoms with Crippen molar-refractivity contribution in [3.8, 4) is 11.8 Å². The van der Waals surface area contributed by atoms with Crippen LogP contribution in [0.3, 0.4) is 0 Å². The molecule has 1 unspecified atom stereocenters. The number of anilines is 2. The highest BCUT2D eigenvalue weighted by Gasteiger charge is 2.41. The average molecular weight is 593 g/mol. The Morgan fingerprint density at radius 3 is 2.80 bits per heavy atom. The van der Waals surface area contributed by atoms with Crippen LogP contribution in [0.2, 0.25) is 5.02 Å². The molecular weight excluding hydrogens is 568 g/mol. The van der Waals surface area contributed by atoms with Crippen molar-refractivity contribution in [2.24, 2.45) is 5.73 Å². The zero-order valence-electron chi connectivity index (χ0n) is 21.5. The Morgan fingerprint density at radius 2 is 2.08 bits per heavy atom. The van der Waals surface area contributed by atoms with Crippen molar-refractivity contribution in [3.63, 3.8) is 0 Å². The summed E-state index contributed by atoms with van der Waals surface area (Å²) in [5, 5.41) is 22.5. The van der Waals surface area contributed by atoms with Crippen LogP contribution in [0.15, 0.2) is 75.5 Å². The van der Waals surface area contributed by atoms with Crippen LogP contribution >= 0.6 is 34.7 Å². The van der Waals surface area contributed by atoms with E-state index in [-0.39, 0.29) is 28.8 Å². The molecule has 0 saturated carbocycles.